The maximum atomic E-state index is 13.1. The Morgan fingerprint density at radius 1 is 1.00 bits per heavy atom. The highest BCUT2D eigenvalue weighted by molar-refractivity contribution is 6.10. The normalized spacial score (nSPS) is 11.9. The molecule has 0 aliphatic rings. The van der Waals surface area contributed by atoms with Crippen LogP contribution in [0.1, 0.15) is 43.1 Å². The number of aromatic amines is 1. The van der Waals surface area contributed by atoms with Crippen LogP contribution in [-0.2, 0) is 6.54 Å². The molecule has 0 atom stereocenters. The Morgan fingerprint density at radius 3 is 2.37 bits per heavy atom. The summed E-state index contributed by atoms with van der Waals surface area (Å²) in [5.74, 6) is -1.41. The first-order valence-electron chi connectivity index (χ1n) is 11.2. The zero-order valence-electron chi connectivity index (χ0n) is 19.6. The lowest BCUT2D eigenvalue weighted by molar-refractivity contribution is 0.0953. The molecule has 4 aromatic rings. The molecule has 9 nitrogen and oxygen atoms in total. The van der Waals surface area contributed by atoms with Crippen LogP contribution >= 0.6 is 0 Å². The number of aromatic nitrogens is 2. The lowest BCUT2D eigenvalue weighted by atomic mass is 10.1. The first-order valence-corrected chi connectivity index (χ1v) is 11.2. The summed E-state index contributed by atoms with van der Waals surface area (Å²) in [4.78, 5) is 41.2. The molecule has 180 valence electrons. The molecule has 0 radical (unpaired) electrons. The molecule has 2 heterocycles. The lowest BCUT2D eigenvalue weighted by Crippen LogP contribution is -2.27. The number of nitrogens with one attached hydrogen (secondary N) is 2. The Labute approximate surface area is 200 Å². The average molecular weight is 475 g/mol. The third-order valence-electron chi connectivity index (χ3n) is 5.89. The molecule has 0 fully saturated rings. The van der Waals surface area contributed by atoms with Gasteiger partial charge in [0.05, 0.1) is 22.3 Å². The van der Waals surface area contributed by atoms with Gasteiger partial charge < -0.3 is 19.8 Å². The number of aromatic hydroxyl groups is 2. The van der Waals surface area contributed by atoms with E-state index in [1.807, 2.05) is 13.8 Å². The van der Waals surface area contributed by atoms with Crippen LogP contribution < -0.4 is 16.5 Å². The van der Waals surface area contributed by atoms with Gasteiger partial charge in [0.25, 0.3) is 17.0 Å². The number of fused-ring (bicyclic) bond motifs is 2. The van der Waals surface area contributed by atoms with Gasteiger partial charge in [0.2, 0.25) is 0 Å². The number of pyridine rings is 2. The van der Waals surface area contributed by atoms with Crippen molar-refractivity contribution in [1.29, 1.82) is 0 Å². The second-order valence-corrected chi connectivity index (χ2v) is 8.74. The maximum Gasteiger partial charge on any atom is 0.293 e. The van der Waals surface area contributed by atoms with Crippen LogP contribution in [0.3, 0.4) is 0 Å². The van der Waals surface area contributed by atoms with Gasteiger partial charge in [-0.05, 0) is 37.5 Å². The maximum absolute atomic E-state index is 13.1. The molecular weight excluding hydrogens is 448 g/mol. The van der Waals surface area contributed by atoms with Gasteiger partial charge in [-0.3, -0.25) is 14.4 Å². The number of carbonyl (C=O) groups is 1. The van der Waals surface area contributed by atoms with Crippen LogP contribution in [0.15, 0.2) is 63.2 Å². The van der Waals surface area contributed by atoms with E-state index in [0.29, 0.717) is 34.3 Å². The quantitative estimate of drug-likeness (QED) is 0.251. The second kappa shape index (κ2) is 9.46. The van der Waals surface area contributed by atoms with Crippen molar-refractivity contribution in [2.24, 2.45) is 11.0 Å². The van der Waals surface area contributed by atoms with Gasteiger partial charge in [0, 0.05) is 17.3 Å². The topological polar surface area (TPSA) is 137 Å². The molecule has 0 saturated heterocycles. The Balaban J connectivity index is 1.74. The predicted octanol–water partition coefficient (Wildman–Crippen LogP) is 3.45. The number of H-pyrrole nitrogens is 1. The molecule has 0 unspecified atom stereocenters. The summed E-state index contributed by atoms with van der Waals surface area (Å²) in [6.45, 7) is 5.93. The summed E-state index contributed by atoms with van der Waals surface area (Å²) in [6.07, 6.45) is 0.724. The fourth-order valence-corrected chi connectivity index (χ4v) is 4.04. The van der Waals surface area contributed by atoms with E-state index in [2.05, 4.69) is 15.5 Å². The van der Waals surface area contributed by atoms with Crippen LogP contribution in [0.2, 0.25) is 0 Å². The number of rotatable bonds is 6. The minimum absolute atomic E-state index is 0.0527. The standard InChI is InChI=1S/C26H26N4O5/c1-14(2)12-13-30-19-11-7-5-9-17(19)21(23(32)26(30)35)25(34)29-28-15(3)20-22(31)16-8-4-6-10-18(16)27-24(20)33/h4-11,14,32H,12-13H2,1-3H3,(H,29,34)(H2,27,31,33)/b28-15+. The van der Waals surface area contributed by atoms with E-state index in [1.54, 1.807) is 48.5 Å². The summed E-state index contributed by atoms with van der Waals surface area (Å²) in [5, 5.41) is 26.1. The number of hydrogen-bond acceptors (Lipinski definition) is 6. The van der Waals surface area contributed by atoms with Crippen molar-refractivity contribution in [2.45, 2.75) is 33.7 Å². The van der Waals surface area contributed by atoms with Crippen LogP contribution in [-0.4, -0.2) is 31.4 Å². The first kappa shape index (κ1) is 23.7. The molecule has 0 spiro atoms. The molecule has 0 saturated carbocycles. The van der Waals surface area contributed by atoms with E-state index in [-0.39, 0.29) is 22.6 Å². The van der Waals surface area contributed by atoms with Gasteiger partial charge in [-0.2, -0.15) is 5.10 Å². The minimum Gasteiger partial charge on any atom is -0.506 e. The Bertz CT molecular complexity index is 1600. The van der Waals surface area contributed by atoms with E-state index >= 15 is 0 Å². The average Bonchev–Trinajstić information content (AvgIpc) is 2.83. The fraction of sp³-hybridized carbons (Fsp3) is 0.231. The highest BCUT2D eigenvalue weighted by Gasteiger charge is 2.22. The van der Waals surface area contributed by atoms with E-state index in [1.165, 1.54) is 11.5 Å². The summed E-state index contributed by atoms with van der Waals surface area (Å²) >= 11 is 0. The number of para-hydroxylation sites is 2. The summed E-state index contributed by atoms with van der Waals surface area (Å²) in [7, 11) is 0. The molecule has 9 heteroatoms. The number of benzene rings is 2. The SMILES string of the molecule is C/C(=N\NC(=O)c1c(O)c(=O)n(CCC(C)C)c2ccccc12)c1c(O)c2ccccc2[nH]c1=O. The number of nitrogens with zero attached hydrogens (tertiary/aromatic N) is 2. The molecule has 2 aromatic heterocycles. The van der Waals surface area contributed by atoms with Gasteiger partial charge in [-0.1, -0.05) is 44.2 Å². The van der Waals surface area contributed by atoms with Crippen LogP contribution in [0.25, 0.3) is 21.8 Å². The third kappa shape index (κ3) is 4.40. The van der Waals surface area contributed by atoms with Gasteiger partial charge in [0.1, 0.15) is 11.3 Å². The van der Waals surface area contributed by atoms with E-state index < -0.39 is 22.8 Å². The minimum atomic E-state index is -0.817. The molecule has 0 aliphatic carbocycles. The summed E-state index contributed by atoms with van der Waals surface area (Å²) in [5.41, 5.74) is 1.80. The van der Waals surface area contributed by atoms with Crippen molar-refractivity contribution in [3.05, 3.63) is 80.4 Å². The molecule has 4 rings (SSSR count). The number of carbonyl (C=O) groups excluding carboxylic acids is 1. The van der Waals surface area contributed by atoms with Gasteiger partial charge in [0.15, 0.2) is 5.75 Å². The first-order chi connectivity index (χ1) is 16.7. The zero-order valence-corrected chi connectivity index (χ0v) is 19.6. The highest BCUT2D eigenvalue weighted by atomic mass is 16.3. The van der Waals surface area contributed by atoms with Crippen molar-refractivity contribution in [2.75, 3.05) is 0 Å². The highest BCUT2D eigenvalue weighted by Crippen LogP contribution is 2.26. The fourth-order valence-electron chi connectivity index (χ4n) is 4.04. The smallest absolute Gasteiger partial charge is 0.293 e. The molecule has 4 N–H and O–H groups in total. The number of hydrogen-bond donors (Lipinski definition) is 4. The molecule has 0 bridgehead atoms. The van der Waals surface area contributed by atoms with Crippen molar-refractivity contribution < 1.29 is 15.0 Å². The van der Waals surface area contributed by atoms with Gasteiger partial charge in [-0.15, -0.1) is 0 Å². The zero-order chi connectivity index (χ0) is 25.3. The largest absolute Gasteiger partial charge is 0.506 e. The Hall–Kier alpha value is -4.40. The van der Waals surface area contributed by atoms with E-state index in [9.17, 15) is 24.6 Å². The van der Waals surface area contributed by atoms with Crippen molar-refractivity contribution in [3.63, 3.8) is 0 Å². The molecule has 2 aromatic carbocycles. The van der Waals surface area contributed by atoms with Crippen molar-refractivity contribution in [3.8, 4) is 11.5 Å². The summed E-state index contributed by atoms with van der Waals surface area (Å²) in [6, 6.07) is 13.6. The predicted molar refractivity (Wildman–Crippen MR) is 135 cm³/mol. The lowest BCUT2D eigenvalue weighted by Gasteiger charge is -2.15. The number of amides is 1. The van der Waals surface area contributed by atoms with Crippen LogP contribution in [0, 0.1) is 5.92 Å². The van der Waals surface area contributed by atoms with E-state index in [0.717, 1.165) is 6.42 Å². The van der Waals surface area contributed by atoms with Crippen molar-refractivity contribution >= 4 is 33.4 Å². The Kier molecular flexibility index (Phi) is 6.42. The second-order valence-electron chi connectivity index (χ2n) is 8.74. The van der Waals surface area contributed by atoms with Crippen LogP contribution in [0.4, 0.5) is 0 Å². The molecule has 0 aliphatic heterocycles. The number of aryl methyl sites for hydroxylation is 1. The monoisotopic (exact) mass is 474 g/mol. The molecule has 35 heavy (non-hydrogen) atoms. The Morgan fingerprint density at radius 2 is 1.66 bits per heavy atom. The third-order valence-corrected chi connectivity index (χ3v) is 5.89. The van der Waals surface area contributed by atoms with Gasteiger partial charge >= 0.3 is 0 Å². The van der Waals surface area contributed by atoms with Crippen molar-refractivity contribution in [1.82, 2.24) is 15.0 Å². The van der Waals surface area contributed by atoms with Gasteiger partial charge in [-0.25, -0.2) is 5.43 Å². The summed E-state index contributed by atoms with van der Waals surface area (Å²) < 4.78 is 1.46. The molecule has 1 amide bonds. The van der Waals surface area contributed by atoms with Crippen LogP contribution in [0.5, 0.6) is 11.5 Å². The number of hydrazone groups is 1. The van der Waals surface area contributed by atoms with E-state index in [4.69, 9.17) is 0 Å². The molecular formula is C26H26N4O5.